The van der Waals surface area contributed by atoms with Gasteiger partial charge in [0.15, 0.2) is 0 Å². The Morgan fingerprint density at radius 3 is 2.59 bits per heavy atom. The molecule has 2 atom stereocenters. The summed E-state index contributed by atoms with van der Waals surface area (Å²) in [4.78, 5) is 2.56. The topological polar surface area (TPSA) is 29.3 Å². The molecule has 0 saturated carbocycles. The summed E-state index contributed by atoms with van der Waals surface area (Å²) in [7, 11) is 0. The van der Waals surface area contributed by atoms with Crippen molar-refractivity contribution in [3.8, 4) is 0 Å². The van der Waals surface area contributed by atoms with E-state index in [-0.39, 0.29) is 6.04 Å². The van der Waals surface area contributed by atoms with E-state index in [0.717, 1.165) is 6.04 Å². The first-order valence-corrected chi connectivity index (χ1v) is 6.84. The van der Waals surface area contributed by atoms with Gasteiger partial charge in [0.05, 0.1) is 0 Å². The highest BCUT2D eigenvalue weighted by molar-refractivity contribution is 5.49. The molecule has 1 aromatic carbocycles. The van der Waals surface area contributed by atoms with Crippen LogP contribution in [0.3, 0.4) is 0 Å². The lowest BCUT2D eigenvalue weighted by Crippen LogP contribution is -2.39. The van der Waals surface area contributed by atoms with E-state index in [0.29, 0.717) is 0 Å². The van der Waals surface area contributed by atoms with Crippen LogP contribution in [0.5, 0.6) is 0 Å². The van der Waals surface area contributed by atoms with Crippen molar-refractivity contribution in [1.29, 1.82) is 0 Å². The fourth-order valence-corrected chi connectivity index (χ4v) is 2.73. The van der Waals surface area contributed by atoms with E-state index >= 15 is 0 Å². The third-order valence-corrected chi connectivity index (χ3v) is 3.85. The SMILES string of the molecule is CCC1CCCCN1c1ccc([C@@H](C)N)cc1. The third kappa shape index (κ3) is 2.81. The molecule has 2 heteroatoms. The van der Waals surface area contributed by atoms with Crippen LogP contribution in [-0.4, -0.2) is 12.6 Å². The van der Waals surface area contributed by atoms with Crippen LogP contribution in [0.25, 0.3) is 0 Å². The lowest BCUT2D eigenvalue weighted by atomic mass is 9.98. The van der Waals surface area contributed by atoms with E-state index in [1.165, 1.54) is 43.5 Å². The van der Waals surface area contributed by atoms with Crippen molar-refractivity contribution < 1.29 is 0 Å². The van der Waals surface area contributed by atoms with Crippen molar-refractivity contribution in [1.82, 2.24) is 0 Å². The van der Waals surface area contributed by atoms with Gasteiger partial charge in [-0.05, 0) is 50.3 Å². The summed E-state index contributed by atoms with van der Waals surface area (Å²) in [5.41, 5.74) is 8.47. The summed E-state index contributed by atoms with van der Waals surface area (Å²) < 4.78 is 0. The summed E-state index contributed by atoms with van der Waals surface area (Å²) in [6.45, 7) is 5.53. The van der Waals surface area contributed by atoms with Crippen LogP contribution < -0.4 is 10.6 Å². The molecule has 94 valence electrons. The molecule has 17 heavy (non-hydrogen) atoms. The average molecular weight is 232 g/mol. The predicted molar refractivity (Wildman–Crippen MR) is 74.3 cm³/mol. The summed E-state index contributed by atoms with van der Waals surface area (Å²) >= 11 is 0. The number of piperidine rings is 1. The van der Waals surface area contributed by atoms with Gasteiger partial charge >= 0.3 is 0 Å². The molecule has 1 heterocycles. The van der Waals surface area contributed by atoms with Gasteiger partial charge in [-0.25, -0.2) is 0 Å². The maximum absolute atomic E-state index is 5.88. The zero-order valence-corrected chi connectivity index (χ0v) is 11.0. The van der Waals surface area contributed by atoms with Crippen LogP contribution in [0.4, 0.5) is 5.69 Å². The van der Waals surface area contributed by atoms with Crippen LogP contribution in [-0.2, 0) is 0 Å². The molecule has 1 aromatic rings. The smallest absolute Gasteiger partial charge is 0.0368 e. The first-order chi connectivity index (χ1) is 8.22. The lowest BCUT2D eigenvalue weighted by molar-refractivity contribution is 0.450. The van der Waals surface area contributed by atoms with Crippen molar-refractivity contribution in [2.24, 2.45) is 5.73 Å². The second-order valence-electron chi connectivity index (χ2n) is 5.13. The largest absolute Gasteiger partial charge is 0.369 e. The van der Waals surface area contributed by atoms with Gasteiger partial charge in [-0.3, -0.25) is 0 Å². The molecule has 0 aliphatic carbocycles. The monoisotopic (exact) mass is 232 g/mol. The van der Waals surface area contributed by atoms with Crippen molar-refractivity contribution in [2.75, 3.05) is 11.4 Å². The highest BCUT2D eigenvalue weighted by Gasteiger charge is 2.20. The molecule has 0 amide bonds. The van der Waals surface area contributed by atoms with Gasteiger partial charge in [0, 0.05) is 24.3 Å². The Kier molecular flexibility index (Phi) is 4.06. The van der Waals surface area contributed by atoms with Crippen LogP contribution in [0.15, 0.2) is 24.3 Å². The molecule has 0 bridgehead atoms. The number of hydrogen-bond donors (Lipinski definition) is 1. The Bertz CT molecular complexity index is 342. The molecular formula is C15H24N2. The van der Waals surface area contributed by atoms with Gasteiger partial charge in [-0.2, -0.15) is 0 Å². The predicted octanol–water partition coefficient (Wildman–Crippen LogP) is 3.48. The maximum Gasteiger partial charge on any atom is 0.0368 e. The van der Waals surface area contributed by atoms with Crippen LogP contribution in [0, 0.1) is 0 Å². The van der Waals surface area contributed by atoms with E-state index in [4.69, 9.17) is 5.73 Å². The second-order valence-corrected chi connectivity index (χ2v) is 5.13. The van der Waals surface area contributed by atoms with Crippen molar-refractivity contribution >= 4 is 5.69 Å². The van der Waals surface area contributed by atoms with Gasteiger partial charge in [0.1, 0.15) is 0 Å². The summed E-state index contributed by atoms with van der Waals surface area (Å²) in [5.74, 6) is 0. The number of anilines is 1. The minimum absolute atomic E-state index is 0.132. The van der Waals surface area contributed by atoms with Gasteiger partial charge in [-0.15, -0.1) is 0 Å². The Labute approximate surface area is 105 Å². The number of nitrogens with two attached hydrogens (primary N) is 1. The fraction of sp³-hybridized carbons (Fsp3) is 0.600. The Morgan fingerprint density at radius 1 is 1.29 bits per heavy atom. The molecule has 2 N–H and O–H groups in total. The van der Waals surface area contributed by atoms with Gasteiger partial charge < -0.3 is 10.6 Å². The summed E-state index contributed by atoms with van der Waals surface area (Å²) in [6.07, 6.45) is 5.29. The molecule has 1 saturated heterocycles. The first-order valence-electron chi connectivity index (χ1n) is 6.84. The van der Waals surface area contributed by atoms with Crippen molar-refractivity contribution in [3.05, 3.63) is 29.8 Å². The van der Waals surface area contributed by atoms with E-state index in [2.05, 4.69) is 36.1 Å². The van der Waals surface area contributed by atoms with Gasteiger partial charge in [0.25, 0.3) is 0 Å². The Balaban J connectivity index is 2.15. The third-order valence-electron chi connectivity index (χ3n) is 3.85. The van der Waals surface area contributed by atoms with Crippen molar-refractivity contribution in [2.45, 2.75) is 51.6 Å². The van der Waals surface area contributed by atoms with E-state index < -0.39 is 0 Å². The van der Waals surface area contributed by atoms with Gasteiger partial charge in [-0.1, -0.05) is 19.1 Å². The zero-order chi connectivity index (χ0) is 12.3. The zero-order valence-electron chi connectivity index (χ0n) is 11.0. The highest BCUT2D eigenvalue weighted by atomic mass is 15.2. The molecule has 0 spiro atoms. The van der Waals surface area contributed by atoms with Crippen LogP contribution in [0.1, 0.15) is 51.1 Å². The van der Waals surface area contributed by atoms with Crippen molar-refractivity contribution in [3.63, 3.8) is 0 Å². The fourth-order valence-electron chi connectivity index (χ4n) is 2.73. The molecule has 1 aliphatic heterocycles. The number of nitrogens with zero attached hydrogens (tertiary/aromatic N) is 1. The first kappa shape index (κ1) is 12.4. The maximum atomic E-state index is 5.88. The van der Waals surface area contributed by atoms with Gasteiger partial charge in [0.2, 0.25) is 0 Å². The number of rotatable bonds is 3. The minimum Gasteiger partial charge on any atom is -0.369 e. The Morgan fingerprint density at radius 2 is 2.00 bits per heavy atom. The second kappa shape index (κ2) is 5.54. The molecule has 2 nitrogen and oxygen atoms in total. The molecule has 0 aromatic heterocycles. The Hall–Kier alpha value is -1.02. The summed E-state index contributed by atoms with van der Waals surface area (Å²) in [5, 5.41) is 0. The lowest BCUT2D eigenvalue weighted by Gasteiger charge is -2.37. The minimum atomic E-state index is 0.132. The number of benzene rings is 1. The average Bonchev–Trinajstić information content (AvgIpc) is 2.39. The molecule has 0 radical (unpaired) electrons. The summed E-state index contributed by atoms with van der Waals surface area (Å²) in [6, 6.07) is 9.65. The quantitative estimate of drug-likeness (QED) is 0.864. The van der Waals surface area contributed by atoms with Crippen LogP contribution in [0.2, 0.25) is 0 Å². The van der Waals surface area contributed by atoms with Crippen LogP contribution >= 0.6 is 0 Å². The molecule has 1 fully saturated rings. The molecular weight excluding hydrogens is 208 g/mol. The van der Waals surface area contributed by atoms with E-state index in [1.807, 2.05) is 6.92 Å². The molecule has 2 rings (SSSR count). The van der Waals surface area contributed by atoms with E-state index in [9.17, 15) is 0 Å². The molecule has 1 unspecified atom stereocenters. The normalized spacial score (nSPS) is 22.5. The number of hydrogen-bond acceptors (Lipinski definition) is 2. The highest BCUT2D eigenvalue weighted by Crippen LogP contribution is 2.27. The molecule has 1 aliphatic rings. The standard InChI is InChI=1S/C15H24N2/c1-3-14-6-4-5-11-17(14)15-9-7-13(8-10-15)12(2)16/h7-10,12,14H,3-6,11,16H2,1-2H3/t12-,14?/m1/s1. The van der Waals surface area contributed by atoms with E-state index in [1.54, 1.807) is 0 Å².